The molecular formula is C47H39F9O3. The molecule has 6 aromatic rings. The molecule has 6 rings (SSSR count). The van der Waals surface area contributed by atoms with E-state index in [-0.39, 0.29) is 0 Å². The average molecular weight is 823 g/mol. The second-order valence-corrected chi connectivity index (χ2v) is 13.9. The molecule has 0 N–H and O–H groups in total. The summed E-state index contributed by atoms with van der Waals surface area (Å²) in [4.78, 5) is 0. The number of ether oxygens (including phenoxy) is 3. The molecule has 308 valence electrons. The van der Waals surface area contributed by atoms with Gasteiger partial charge in [0.25, 0.3) is 0 Å². The molecule has 0 saturated carbocycles. The molecule has 0 heterocycles. The predicted molar refractivity (Wildman–Crippen MR) is 205 cm³/mol. The van der Waals surface area contributed by atoms with Crippen molar-refractivity contribution in [3.05, 3.63) is 215 Å². The molecule has 0 aliphatic rings. The Morgan fingerprint density at radius 3 is 0.797 bits per heavy atom. The highest BCUT2D eigenvalue weighted by Gasteiger charge is 2.83. The monoisotopic (exact) mass is 822 g/mol. The van der Waals surface area contributed by atoms with Gasteiger partial charge >= 0.3 is 24.1 Å². The molecule has 0 spiro atoms. The van der Waals surface area contributed by atoms with Gasteiger partial charge in [0, 0.05) is 0 Å². The van der Waals surface area contributed by atoms with Crippen LogP contribution in [0.1, 0.15) is 46.7 Å². The van der Waals surface area contributed by atoms with Crippen LogP contribution in [0.2, 0.25) is 0 Å². The normalized spacial score (nSPS) is 13.3. The first-order chi connectivity index (χ1) is 28.1. The quantitative estimate of drug-likeness (QED) is 0.0677. The van der Waals surface area contributed by atoms with Crippen molar-refractivity contribution in [2.45, 2.75) is 54.3 Å². The Bertz CT molecular complexity index is 1880. The van der Waals surface area contributed by atoms with Crippen molar-refractivity contribution >= 4 is 0 Å². The van der Waals surface area contributed by atoms with Crippen molar-refractivity contribution < 1.29 is 53.7 Å². The Kier molecular flexibility index (Phi) is 12.5. The molecule has 0 bridgehead atoms. The maximum Gasteiger partial charge on any atom is 0.460 e. The van der Waals surface area contributed by atoms with Gasteiger partial charge in [-0.1, -0.05) is 189 Å². The molecule has 0 aromatic heterocycles. The Morgan fingerprint density at radius 2 is 0.593 bits per heavy atom. The third kappa shape index (κ3) is 8.13. The molecule has 0 radical (unpaired) electrons. The first kappa shape index (κ1) is 43.2. The fourth-order valence-electron chi connectivity index (χ4n) is 7.09. The predicted octanol–water partition coefficient (Wildman–Crippen LogP) is 12.6. The number of alkyl halides is 9. The van der Waals surface area contributed by atoms with Gasteiger partial charge in [-0.05, 0) is 39.8 Å². The minimum absolute atomic E-state index is 0.441. The van der Waals surface area contributed by atoms with Gasteiger partial charge in [-0.3, -0.25) is 0 Å². The summed E-state index contributed by atoms with van der Waals surface area (Å²) in [6.07, 6.45) is -14.2. The Hall–Kier alpha value is -5.43. The van der Waals surface area contributed by atoms with Crippen LogP contribution in [-0.2, 0) is 25.4 Å². The average Bonchev–Trinajstić information content (AvgIpc) is 3.25. The molecule has 3 nitrogen and oxygen atoms in total. The number of rotatable bonds is 17. The minimum Gasteiger partial charge on any atom is -0.358 e. The van der Waals surface area contributed by atoms with Crippen LogP contribution in [0.4, 0.5) is 39.5 Å². The highest BCUT2D eigenvalue weighted by molar-refractivity contribution is 5.49. The molecule has 12 heteroatoms. The van der Waals surface area contributed by atoms with Gasteiger partial charge < -0.3 is 14.2 Å². The van der Waals surface area contributed by atoms with Crippen molar-refractivity contribution in [3.63, 3.8) is 0 Å². The highest BCUT2D eigenvalue weighted by atomic mass is 19.4. The van der Waals surface area contributed by atoms with E-state index in [1.165, 1.54) is 6.92 Å². The number of benzene rings is 6. The summed E-state index contributed by atoms with van der Waals surface area (Å²) in [5, 5.41) is 0. The van der Waals surface area contributed by atoms with Gasteiger partial charge in [0.2, 0.25) is 0 Å². The molecule has 0 unspecified atom stereocenters. The topological polar surface area (TPSA) is 27.7 Å². The third-order valence-corrected chi connectivity index (χ3v) is 10.3. The van der Waals surface area contributed by atoms with Gasteiger partial charge in [-0.2, -0.15) is 39.5 Å². The molecule has 0 atom stereocenters. The fourth-order valence-corrected chi connectivity index (χ4v) is 7.09. The van der Waals surface area contributed by atoms with E-state index in [9.17, 15) is 22.0 Å². The minimum atomic E-state index is -7.21. The van der Waals surface area contributed by atoms with Crippen LogP contribution in [0.25, 0.3) is 0 Å². The van der Waals surface area contributed by atoms with Crippen LogP contribution in [0, 0.1) is 0 Å². The lowest BCUT2D eigenvalue weighted by Crippen LogP contribution is -2.64. The fraction of sp³-hybridized carbons (Fsp3) is 0.234. The Morgan fingerprint density at radius 1 is 0.356 bits per heavy atom. The van der Waals surface area contributed by atoms with Gasteiger partial charge in [0.05, 0.1) is 13.2 Å². The van der Waals surface area contributed by atoms with E-state index in [1.54, 1.807) is 182 Å². The zero-order chi connectivity index (χ0) is 42.4. The van der Waals surface area contributed by atoms with Crippen LogP contribution >= 0.6 is 0 Å². The van der Waals surface area contributed by atoms with E-state index in [0.29, 0.717) is 33.4 Å². The summed E-state index contributed by atoms with van der Waals surface area (Å²) in [6, 6.07) is 50.8. The number of halogens is 9. The lowest BCUT2D eigenvalue weighted by Gasteiger charge is -2.45. The molecule has 59 heavy (non-hydrogen) atoms. The van der Waals surface area contributed by atoms with Gasteiger partial charge in [0.15, 0.2) is 0 Å². The standard InChI is InChI=1S/C47H39F9O3/c1-2-41(59-47(55,56)45(50,51)44(48,49)46(52,53)54,33-57-42(35-21-9-3-10-22-35,36-23-11-4-12-24-36)37-25-13-5-14-26-37)34-58-43(38-27-15-6-16-28-38,39-29-17-7-18-30-39)40-31-19-8-20-32-40/h3-32H,2,33-34H2,1H3. The van der Waals surface area contributed by atoms with E-state index in [0.717, 1.165) is 0 Å². The number of hydrogen-bond donors (Lipinski definition) is 0. The SMILES string of the molecule is CCC(COC(c1ccccc1)(c1ccccc1)c1ccccc1)(COC(c1ccccc1)(c1ccccc1)c1ccccc1)OC(F)(F)C(F)(F)C(F)(F)C(F)(F)F. The number of hydrogen-bond acceptors (Lipinski definition) is 3. The van der Waals surface area contributed by atoms with Crippen LogP contribution in [0.3, 0.4) is 0 Å². The smallest absolute Gasteiger partial charge is 0.358 e. The Labute approximate surface area is 336 Å². The van der Waals surface area contributed by atoms with E-state index in [1.807, 2.05) is 0 Å². The van der Waals surface area contributed by atoms with Crippen molar-refractivity contribution in [1.82, 2.24) is 0 Å². The molecule has 0 aliphatic heterocycles. The lowest BCUT2D eigenvalue weighted by molar-refractivity contribution is -0.462. The van der Waals surface area contributed by atoms with Crippen molar-refractivity contribution in [3.8, 4) is 0 Å². The van der Waals surface area contributed by atoms with E-state index < -0.39 is 60.6 Å². The van der Waals surface area contributed by atoms with Gasteiger partial charge in [0.1, 0.15) is 16.8 Å². The summed E-state index contributed by atoms with van der Waals surface area (Å²) in [7, 11) is 0. The van der Waals surface area contributed by atoms with E-state index in [2.05, 4.69) is 0 Å². The van der Waals surface area contributed by atoms with Crippen molar-refractivity contribution in [2.75, 3.05) is 13.2 Å². The molecular weight excluding hydrogens is 783 g/mol. The van der Waals surface area contributed by atoms with Gasteiger partial charge in [-0.25, -0.2) is 0 Å². The van der Waals surface area contributed by atoms with Crippen LogP contribution < -0.4 is 0 Å². The first-order valence-electron chi connectivity index (χ1n) is 18.6. The van der Waals surface area contributed by atoms with E-state index >= 15 is 17.6 Å². The van der Waals surface area contributed by atoms with Crippen molar-refractivity contribution in [2.24, 2.45) is 0 Å². The van der Waals surface area contributed by atoms with Gasteiger partial charge in [-0.15, -0.1) is 0 Å². The molecule has 0 fully saturated rings. The molecule has 6 aromatic carbocycles. The Balaban J connectivity index is 1.57. The lowest BCUT2D eigenvalue weighted by atomic mass is 9.79. The van der Waals surface area contributed by atoms with Crippen molar-refractivity contribution in [1.29, 1.82) is 0 Å². The largest absolute Gasteiger partial charge is 0.460 e. The third-order valence-electron chi connectivity index (χ3n) is 10.3. The summed E-state index contributed by atoms with van der Waals surface area (Å²) in [5.41, 5.74) is -3.64. The van der Waals surface area contributed by atoms with Crippen LogP contribution in [0.5, 0.6) is 0 Å². The molecule has 0 amide bonds. The molecule has 0 saturated heterocycles. The summed E-state index contributed by atoms with van der Waals surface area (Å²) in [5.74, 6) is -14.3. The highest BCUT2D eigenvalue weighted by Crippen LogP contribution is 2.55. The first-order valence-corrected chi connectivity index (χ1v) is 18.6. The maximum absolute atomic E-state index is 16.0. The maximum atomic E-state index is 16.0. The van der Waals surface area contributed by atoms with Crippen LogP contribution in [-0.4, -0.2) is 42.9 Å². The summed E-state index contributed by atoms with van der Waals surface area (Å²) < 4.78 is 150. The second-order valence-electron chi connectivity index (χ2n) is 13.9. The van der Waals surface area contributed by atoms with E-state index in [4.69, 9.17) is 14.2 Å². The zero-order valence-corrected chi connectivity index (χ0v) is 31.6. The summed E-state index contributed by atoms with van der Waals surface area (Å²) >= 11 is 0. The second kappa shape index (κ2) is 17.0. The molecule has 0 aliphatic carbocycles. The summed E-state index contributed by atoms with van der Waals surface area (Å²) in [6.45, 7) is -0.965. The van der Waals surface area contributed by atoms with Crippen LogP contribution in [0.15, 0.2) is 182 Å². The zero-order valence-electron chi connectivity index (χ0n) is 31.6.